The van der Waals surface area contributed by atoms with Crippen molar-refractivity contribution in [3.8, 4) is 0 Å². The zero-order valence-electron chi connectivity index (χ0n) is 9.31. The zero-order chi connectivity index (χ0) is 12.1. The van der Waals surface area contributed by atoms with E-state index in [0.717, 1.165) is 11.5 Å². The molecule has 16 heavy (non-hydrogen) atoms. The Morgan fingerprint density at radius 2 is 2.25 bits per heavy atom. The number of carbonyl (C=O) groups excluding carboxylic acids is 2. The maximum absolute atomic E-state index is 11.7. The summed E-state index contributed by atoms with van der Waals surface area (Å²) in [6.07, 6.45) is 0.631. The quantitative estimate of drug-likeness (QED) is 0.774. The average molecular weight is 243 g/mol. The van der Waals surface area contributed by atoms with Gasteiger partial charge in [-0.2, -0.15) is 0 Å². The number of rotatable bonds is 4. The number of ether oxygens (including phenoxy) is 1. The van der Waals surface area contributed by atoms with Crippen molar-refractivity contribution in [1.29, 1.82) is 0 Å². The number of carbonyl (C=O) groups is 2. The van der Waals surface area contributed by atoms with E-state index in [9.17, 15) is 9.59 Å². The van der Waals surface area contributed by atoms with Crippen LogP contribution in [0.4, 0.5) is 0 Å². The van der Waals surface area contributed by atoms with Crippen molar-refractivity contribution in [3.63, 3.8) is 0 Å². The summed E-state index contributed by atoms with van der Waals surface area (Å²) in [5.74, 6) is -0.825. The molecule has 0 aromatic carbocycles. The highest BCUT2D eigenvalue weighted by Crippen LogP contribution is 2.11. The minimum atomic E-state index is -0.677. The maximum Gasteiger partial charge on any atom is 0.328 e. The second-order valence-electron chi connectivity index (χ2n) is 3.12. The molecule has 1 heterocycles. The molecule has 0 aliphatic carbocycles. The van der Waals surface area contributed by atoms with E-state index in [2.05, 4.69) is 19.6 Å². The third-order valence-corrected chi connectivity index (χ3v) is 2.77. The molecule has 1 aromatic heterocycles. The molecule has 0 saturated heterocycles. The van der Waals surface area contributed by atoms with Crippen molar-refractivity contribution in [3.05, 3.63) is 10.6 Å². The molecule has 0 spiro atoms. The minimum absolute atomic E-state index is 0.343. The molecule has 1 atom stereocenters. The van der Waals surface area contributed by atoms with Gasteiger partial charge in [0.05, 0.1) is 12.8 Å². The van der Waals surface area contributed by atoms with Gasteiger partial charge in [-0.1, -0.05) is 11.4 Å². The molecule has 0 radical (unpaired) electrons. The predicted octanol–water partition coefficient (Wildman–Crippen LogP) is 0.392. The number of nitrogens with zero attached hydrogens (tertiary/aromatic N) is 2. The van der Waals surface area contributed by atoms with Crippen LogP contribution in [0.15, 0.2) is 0 Å². The number of hydrogen-bond acceptors (Lipinski definition) is 6. The lowest BCUT2D eigenvalue weighted by Gasteiger charge is -2.10. The fourth-order valence-corrected chi connectivity index (χ4v) is 1.76. The third-order valence-electron chi connectivity index (χ3n) is 2.00. The van der Waals surface area contributed by atoms with Gasteiger partial charge in [0.15, 0.2) is 0 Å². The first-order valence-electron chi connectivity index (χ1n) is 4.80. The van der Waals surface area contributed by atoms with Crippen LogP contribution in [0, 0.1) is 0 Å². The van der Waals surface area contributed by atoms with Crippen molar-refractivity contribution in [2.45, 2.75) is 26.3 Å². The highest BCUT2D eigenvalue weighted by Gasteiger charge is 2.20. The third kappa shape index (κ3) is 2.75. The fourth-order valence-electron chi connectivity index (χ4n) is 1.11. The van der Waals surface area contributed by atoms with Crippen molar-refractivity contribution >= 4 is 23.4 Å². The lowest BCUT2D eigenvalue weighted by molar-refractivity contribution is -0.142. The number of hydrogen-bond donors (Lipinski definition) is 1. The van der Waals surface area contributed by atoms with Crippen molar-refractivity contribution in [1.82, 2.24) is 14.9 Å². The summed E-state index contributed by atoms with van der Waals surface area (Å²) in [5.41, 5.74) is 0.638. The van der Waals surface area contributed by atoms with Gasteiger partial charge in [-0.05, 0) is 24.9 Å². The number of aromatic nitrogens is 2. The van der Waals surface area contributed by atoms with E-state index in [0.29, 0.717) is 17.0 Å². The summed E-state index contributed by atoms with van der Waals surface area (Å²) in [6.45, 7) is 3.45. The van der Waals surface area contributed by atoms with E-state index in [4.69, 9.17) is 0 Å². The molecule has 7 heteroatoms. The Hall–Kier alpha value is -1.50. The first-order valence-corrected chi connectivity index (χ1v) is 5.57. The number of amides is 1. The molecule has 1 aromatic rings. The van der Waals surface area contributed by atoms with E-state index >= 15 is 0 Å². The van der Waals surface area contributed by atoms with Crippen LogP contribution < -0.4 is 5.32 Å². The van der Waals surface area contributed by atoms with Crippen LogP contribution in [-0.2, 0) is 16.0 Å². The second kappa shape index (κ2) is 5.55. The number of nitrogens with one attached hydrogen (secondary N) is 1. The number of methoxy groups -OCH3 is 1. The SMILES string of the molecule is CCc1nnsc1C(=O)NC(C)C(=O)OC. The lowest BCUT2D eigenvalue weighted by atomic mass is 10.2. The molecule has 0 aliphatic rings. The summed E-state index contributed by atoms with van der Waals surface area (Å²) in [6, 6.07) is -0.677. The Morgan fingerprint density at radius 3 is 2.81 bits per heavy atom. The molecule has 1 N–H and O–H groups in total. The largest absolute Gasteiger partial charge is 0.467 e. The van der Waals surface area contributed by atoms with E-state index in [1.807, 2.05) is 6.92 Å². The van der Waals surface area contributed by atoms with Gasteiger partial charge in [0, 0.05) is 0 Å². The molecule has 1 amide bonds. The summed E-state index contributed by atoms with van der Waals surface area (Å²) >= 11 is 1.02. The Labute approximate surface area is 97.2 Å². The average Bonchev–Trinajstić information content (AvgIpc) is 2.75. The van der Waals surface area contributed by atoms with E-state index < -0.39 is 12.0 Å². The van der Waals surface area contributed by atoms with Gasteiger partial charge < -0.3 is 10.1 Å². The highest BCUT2D eigenvalue weighted by molar-refractivity contribution is 7.08. The van der Waals surface area contributed by atoms with Gasteiger partial charge in [0.25, 0.3) is 5.91 Å². The monoisotopic (exact) mass is 243 g/mol. The molecular weight excluding hydrogens is 230 g/mol. The van der Waals surface area contributed by atoms with Gasteiger partial charge >= 0.3 is 5.97 Å². The first-order chi connectivity index (χ1) is 7.60. The molecule has 0 bridgehead atoms. The van der Waals surface area contributed by atoms with Crippen LogP contribution >= 0.6 is 11.5 Å². The van der Waals surface area contributed by atoms with Crippen molar-refractivity contribution < 1.29 is 14.3 Å². The van der Waals surface area contributed by atoms with Crippen molar-refractivity contribution in [2.75, 3.05) is 7.11 Å². The first kappa shape index (κ1) is 12.6. The van der Waals surface area contributed by atoms with Gasteiger partial charge in [0.1, 0.15) is 10.9 Å². The van der Waals surface area contributed by atoms with E-state index in [1.165, 1.54) is 7.11 Å². The van der Waals surface area contributed by atoms with Crippen LogP contribution in [-0.4, -0.2) is 34.6 Å². The molecule has 88 valence electrons. The fraction of sp³-hybridized carbons (Fsp3) is 0.556. The van der Waals surface area contributed by atoms with E-state index in [1.54, 1.807) is 6.92 Å². The van der Waals surface area contributed by atoms with Gasteiger partial charge in [-0.3, -0.25) is 4.79 Å². The summed E-state index contributed by atoms with van der Waals surface area (Å²) in [4.78, 5) is 23.3. The Kier molecular flexibility index (Phi) is 4.36. The Bertz CT molecular complexity index is 391. The molecule has 0 fully saturated rings. The van der Waals surface area contributed by atoms with Gasteiger partial charge in [0.2, 0.25) is 0 Å². The Balaban J connectivity index is 2.69. The van der Waals surface area contributed by atoms with Crippen LogP contribution in [0.2, 0.25) is 0 Å². The number of esters is 1. The standard InChI is InChI=1S/C9H13N3O3S/c1-4-6-7(16-12-11-6)8(13)10-5(2)9(14)15-3/h5H,4H2,1-3H3,(H,10,13). The van der Waals surface area contributed by atoms with Crippen LogP contribution in [0.1, 0.15) is 29.2 Å². The molecule has 1 rings (SSSR count). The summed E-state index contributed by atoms with van der Waals surface area (Å²) in [7, 11) is 1.27. The van der Waals surface area contributed by atoms with Crippen LogP contribution in [0.5, 0.6) is 0 Å². The smallest absolute Gasteiger partial charge is 0.328 e. The van der Waals surface area contributed by atoms with Crippen molar-refractivity contribution in [2.24, 2.45) is 0 Å². The molecule has 1 unspecified atom stereocenters. The molecule has 0 saturated carbocycles. The topological polar surface area (TPSA) is 81.2 Å². The second-order valence-corrected chi connectivity index (χ2v) is 3.87. The van der Waals surface area contributed by atoms with E-state index in [-0.39, 0.29) is 5.91 Å². The molecular formula is C9H13N3O3S. The highest BCUT2D eigenvalue weighted by atomic mass is 32.1. The normalized spacial score (nSPS) is 11.9. The Morgan fingerprint density at radius 1 is 1.56 bits per heavy atom. The maximum atomic E-state index is 11.7. The summed E-state index contributed by atoms with van der Waals surface area (Å²) < 4.78 is 8.21. The van der Waals surface area contributed by atoms with Crippen LogP contribution in [0.3, 0.4) is 0 Å². The molecule has 0 aliphatic heterocycles. The zero-order valence-corrected chi connectivity index (χ0v) is 10.1. The van der Waals surface area contributed by atoms with Gasteiger partial charge in [-0.25, -0.2) is 4.79 Å². The number of aryl methyl sites for hydroxylation is 1. The van der Waals surface area contributed by atoms with Crippen LogP contribution in [0.25, 0.3) is 0 Å². The minimum Gasteiger partial charge on any atom is -0.467 e. The lowest BCUT2D eigenvalue weighted by Crippen LogP contribution is -2.39. The molecule has 6 nitrogen and oxygen atoms in total. The summed E-state index contributed by atoms with van der Waals surface area (Å²) in [5, 5.41) is 6.34. The predicted molar refractivity (Wildman–Crippen MR) is 58.2 cm³/mol. The van der Waals surface area contributed by atoms with Gasteiger partial charge in [-0.15, -0.1) is 5.10 Å².